The number of nitrogens with one attached hydrogen (secondary N) is 1. The predicted octanol–water partition coefficient (Wildman–Crippen LogP) is 6.50. The molecular formula is C26H33BrFNO3. The van der Waals surface area contributed by atoms with Crippen LogP contribution in [0.25, 0.3) is 11.1 Å². The van der Waals surface area contributed by atoms with Gasteiger partial charge in [0.15, 0.2) is 0 Å². The van der Waals surface area contributed by atoms with Gasteiger partial charge in [0.25, 0.3) is 0 Å². The van der Waals surface area contributed by atoms with E-state index in [1.54, 1.807) is 26.8 Å². The smallest absolute Gasteiger partial charge is 0.308 e. The Morgan fingerprint density at radius 1 is 1.09 bits per heavy atom. The van der Waals surface area contributed by atoms with Gasteiger partial charge in [-0.2, -0.15) is 0 Å². The average Bonchev–Trinajstić information content (AvgIpc) is 2.71. The summed E-state index contributed by atoms with van der Waals surface area (Å²) in [7, 11) is 0. The van der Waals surface area contributed by atoms with Crippen molar-refractivity contribution in [2.24, 2.45) is 11.8 Å². The van der Waals surface area contributed by atoms with Gasteiger partial charge in [0.1, 0.15) is 5.82 Å². The Kier molecular flexibility index (Phi) is 9.02. The minimum Gasteiger partial charge on any atom is -0.481 e. The summed E-state index contributed by atoms with van der Waals surface area (Å²) in [5, 5.41) is 12.8. The number of halogens is 2. The summed E-state index contributed by atoms with van der Waals surface area (Å²) in [6.45, 7) is 11.2. The van der Waals surface area contributed by atoms with E-state index in [4.69, 9.17) is 0 Å². The van der Waals surface area contributed by atoms with Crippen LogP contribution < -0.4 is 5.32 Å². The molecule has 6 heteroatoms. The van der Waals surface area contributed by atoms with E-state index >= 15 is 4.39 Å². The van der Waals surface area contributed by atoms with Crippen LogP contribution in [0.15, 0.2) is 30.3 Å². The number of hydrogen-bond donors (Lipinski definition) is 2. The largest absolute Gasteiger partial charge is 0.481 e. The number of rotatable bonds is 9. The van der Waals surface area contributed by atoms with Crippen molar-refractivity contribution in [3.8, 4) is 11.1 Å². The summed E-state index contributed by atoms with van der Waals surface area (Å²) < 4.78 is 15.6. The van der Waals surface area contributed by atoms with Gasteiger partial charge >= 0.3 is 5.97 Å². The Morgan fingerprint density at radius 3 is 2.25 bits per heavy atom. The van der Waals surface area contributed by atoms with Crippen LogP contribution in [-0.2, 0) is 9.59 Å². The number of amides is 1. The lowest BCUT2D eigenvalue weighted by Crippen LogP contribution is -2.41. The molecule has 0 aromatic heterocycles. The number of hydrogen-bond acceptors (Lipinski definition) is 2. The number of aliphatic carboxylic acids is 1. The molecule has 2 aromatic rings. The lowest BCUT2D eigenvalue weighted by atomic mass is 9.83. The molecule has 4 nitrogen and oxygen atoms in total. The van der Waals surface area contributed by atoms with Crippen LogP contribution in [0.1, 0.15) is 61.9 Å². The van der Waals surface area contributed by atoms with E-state index < -0.39 is 28.6 Å². The second kappa shape index (κ2) is 11.1. The highest BCUT2D eigenvalue weighted by Gasteiger charge is 2.35. The maximum absolute atomic E-state index is 15.6. The van der Waals surface area contributed by atoms with Gasteiger partial charge in [0.05, 0.1) is 16.8 Å². The number of alkyl halides is 1. The summed E-state index contributed by atoms with van der Waals surface area (Å²) in [5.74, 6) is -2.56. The van der Waals surface area contributed by atoms with Gasteiger partial charge in [-0.25, -0.2) is 4.39 Å². The molecule has 0 saturated heterocycles. The molecule has 0 aliphatic heterocycles. The van der Waals surface area contributed by atoms with E-state index in [1.807, 2.05) is 45.0 Å². The van der Waals surface area contributed by atoms with Gasteiger partial charge in [-0.15, -0.1) is 0 Å². The first-order valence-corrected chi connectivity index (χ1v) is 11.9. The highest BCUT2D eigenvalue weighted by molar-refractivity contribution is 9.10. The third kappa shape index (κ3) is 5.77. The minimum absolute atomic E-state index is 0.245. The second-order valence-electron chi connectivity index (χ2n) is 8.84. The second-order valence-corrected chi connectivity index (χ2v) is 9.95. The first-order chi connectivity index (χ1) is 15.0. The predicted molar refractivity (Wildman–Crippen MR) is 131 cm³/mol. The van der Waals surface area contributed by atoms with E-state index in [2.05, 4.69) is 21.2 Å². The molecule has 174 valence electrons. The molecule has 1 amide bonds. The fourth-order valence-electron chi connectivity index (χ4n) is 4.13. The Bertz CT molecular complexity index is 989. The van der Waals surface area contributed by atoms with Crippen molar-refractivity contribution < 1.29 is 19.1 Å². The van der Waals surface area contributed by atoms with Crippen molar-refractivity contribution in [3.05, 3.63) is 58.4 Å². The third-order valence-corrected chi connectivity index (χ3v) is 6.71. The topological polar surface area (TPSA) is 66.4 Å². The molecule has 0 spiro atoms. The van der Waals surface area contributed by atoms with Gasteiger partial charge in [0.2, 0.25) is 5.91 Å². The van der Waals surface area contributed by atoms with Crippen LogP contribution in [0.4, 0.5) is 4.39 Å². The fraction of sp³-hybridized carbons (Fsp3) is 0.462. The van der Waals surface area contributed by atoms with Crippen molar-refractivity contribution in [2.45, 2.75) is 65.3 Å². The number of carboxylic acids is 1. The highest BCUT2D eigenvalue weighted by Crippen LogP contribution is 2.38. The zero-order valence-electron chi connectivity index (χ0n) is 19.6. The molecule has 0 fully saturated rings. The van der Waals surface area contributed by atoms with Crippen molar-refractivity contribution >= 4 is 27.8 Å². The molecule has 0 bridgehead atoms. The quantitative estimate of drug-likeness (QED) is 0.382. The van der Waals surface area contributed by atoms with E-state index in [9.17, 15) is 14.7 Å². The van der Waals surface area contributed by atoms with Crippen LogP contribution >= 0.6 is 15.9 Å². The summed E-state index contributed by atoms with van der Waals surface area (Å²) in [4.78, 5) is 24.6. The average molecular weight is 506 g/mol. The van der Waals surface area contributed by atoms with E-state index in [0.29, 0.717) is 17.5 Å². The summed E-state index contributed by atoms with van der Waals surface area (Å²) in [5.41, 5.74) is 4.14. The third-order valence-electron chi connectivity index (χ3n) is 5.92. The summed E-state index contributed by atoms with van der Waals surface area (Å²) in [6, 6.07) is 8.63. The monoisotopic (exact) mass is 505 g/mol. The number of carbonyl (C=O) groups is 2. The van der Waals surface area contributed by atoms with Crippen LogP contribution in [0.5, 0.6) is 0 Å². The van der Waals surface area contributed by atoms with Crippen LogP contribution in [0.2, 0.25) is 0 Å². The summed E-state index contributed by atoms with van der Waals surface area (Å²) >= 11 is 3.41. The number of aryl methyl sites for hydroxylation is 2. The first kappa shape index (κ1) is 26.0. The normalized spacial score (nSPS) is 14.2. The van der Waals surface area contributed by atoms with Crippen molar-refractivity contribution in [3.63, 3.8) is 0 Å². The summed E-state index contributed by atoms with van der Waals surface area (Å²) in [6.07, 6.45) is 0.843. The van der Waals surface area contributed by atoms with E-state index in [-0.39, 0.29) is 23.8 Å². The molecule has 0 saturated carbocycles. The van der Waals surface area contributed by atoms with Crippen molar-refractivity contribution in [2.75, 3.05) is 0 Å². The number of carbonyl (C=O) groups excluding carboxylic acids is 1. The van der Waals surface area contributed by atoms with Crippen LogP contribution in [-0.4, -0.2) is 21.8 Å². The van der Waals surface area contributed by atoms with Crippen LogP contribution in [0.3, 0.4) is 0 Å². The molecule has 0 radical (unpaired) electrons. The molecule has 2 aromatic carbocycles. The highest BCUT2D eigenvalue weighted by atomic mass is 79.9. The molecule has 2 N–H and O–H groups in total. The zero-order chi connectivity index (χ0) is 24.2. The fourth-order valence-corrected chi connectivity index (χ4v) is 5.01. The van der Waals surface area contributed by atoms with E-state index in [0.717, 1.165) is 16.7 Å². The first-order valence-electron chi connectivity index (χ1n) is 11.0. The van der Waals surface area contributed by atoms with Gasteiger partial charge < -0.3 is 10.4 Å². The van der Waals surface area contributed by atoms with Gasteiger partial charge in [-0.05, 0) is 73.4 Å². The Morgan fingerprint density at radius 2 is 1.72 bits per heavy atom. The molecule has 0 heterocycles. The van der Waals surface area contributed by atoms with Crippen molar-refractivity contribution in [1.29, 1.82) is 0 Å². The van der Waals surface area contributed by atoms with Gasteiger partial charge in [-0.3, -0.25) is 9.59 Å². The Hall–Kier alpha value is -2.21. The maximum atomic E-state index is 15.6. The number of benzene rings is 2. The molecule has 0 aliphatic rings. The molecule has 3 unspecified atom stereocenters. The molecular weight excluding hydrogens is 473 g/mol. The molecule has 0 aliphatic carbocycles. The molecule has 2 rings (SSSR count). The van der Waals surface area contributed by atoms with Crippen LogP contribution in [0, 0.1) is 38.4 Å². The maximum Gasteiger partial charge on any atom is 0.308 e. The van der Waals surface area contributed by atoms with E-state index in [1.165, 1.54) is 0 Å². The van der Waals surface area contributed by atoms with Gasteiger partial charge in [-0.1, -0.05) is 61.0 Å². The Balaban J connectivity index is 2.68. The van der Waals surface area contributed by atoms with Crippen molar-refractivity contribution in [1.82, 2.24) is 5.32 Å². The van der Waals surface area contributed by atoms with Gasteiger partial charge in [0, 0.05) is 5.56 Å². The standard InChI is InChI=1S/C26H33BrFNO3/c1-7-18(26(31)32)24(29-25(30)21(27)12-14(2)3)22-17(6)20(13-16(5)23(22)28)19-11-9-8-10-15(19)4/h8-11,13-14,18,21,24H,7,12H2,1-6H3,(H,29,30)(H,31,32). The molecule has 3 atom stereocenters. The SMILES string of the molecule is CCC(C(=O)O)C(NC(=O)C(Br)CC(C)C)c1c(C)c(-c2ccccc2C)cc(C)c1F. The molecule has 32 heavy (non-hydrogen) atoms. The lowest BCUT2D eigenvalue weighted by molar-refractivity contribution is -0.143. The lowest BCUT2D eigenvalue weighted by Gasteiger charge is -2.29. The minimum atomic E-state index is -1.06. The zero-order valence-corrected chi connectivity index (χ0v) is 21.2. The Labute approximate surface area is 198 Å². The number of carboxylic acid groups (broad SMARTS) is 1.